The molecule has 1 saturated heterocycles. The Morgan fingerprint density at radius 2 is 2.05 bits per heavy atom. The van der Waals surface area contributed by atoms with E-state index in [2.05, 4.69) is 15.5 Å². The minimum absolute atomic E-state index is 0. The average Bonchev–Trinajstić information content (AvgIpc) is 2.90. The molecular weight excluding hydrogens is 374 g/mol. The zero-order chi connectivity index (χ0) is 14.2. The molecule has 114 valence electrons. The summed E-state index contributed by atoms with van der Waals surface area (Å²) < 4.78 is 22.9. The lowest BCUT2D eigenvalue weighted by molar-refractivity contribution is -0.00000656. The molecular formula is C13H15BrN3O2S2-. The van der Waals surface area contributed by atoms with Crippen molar-refractivity contribution in [2.45, 2.75) is 18.2 Å². The van der Waals surface area contributed by atoms with Crippen molar-refractivity contribution >= 4 is 32.5 Å². The Balaban J connectivity index is 0.00000161. The summed E-state index contributed by atoms with van der Waals surface area (Å²) in [5, 5.41) is 5.07. The van der Waals surface area contributed by atoms with Crippen LogP contribution < -0.4 is 22.4 Å². The van der Waals surface area contributed by atoms with Gasteiger partial charge in [-0.05, 0) is 12.5 Å². The van der Waals surface area contributed by atoms with Crippen molar-refractivity contribution in [3.05, 3.63) is 35.9 Å². The average molecular weight is 389 g/mol. The molecule has 0 aliphatic carbocycles. The first-order valence-corrected chi connectivity index (χ1v) is 9.04. The maximum atomic E-state index is 11.5. The van der Waals surface area contributed by atoms with Crippen molar-refractivity contribution in [1.29, 1.82) is 0 Å². The van der Waals surface area contributed by atoms with Crippen LogP contribution in [0.25, 0.3) is 0 Å². The van der Waals surface area contributed by atoms with Crippen molar-refractivity contribution in [2.24, 2.45) is 10.1 Å². The summed E-state index contributed by atoms with van der Waals surface area (Å²) >= 11 is 1.47. The molecule has 2 heterocycles. The molecule has 0 radical (unpaired) electrons. The number of fused-ring (bicyclic) bond motifs is 1. The van der Waals surface area contributed by atoms with Gasteiger partial charge in [-0.25, -0.2) is 8.42 Å². The first kappa shape index (κ1) is 16.5. The monoisotopic (exact) mass is 388 g/mol. The molecule has 1 aromatic rings. The van der Waals surface area contributed by atoms with Crippen LogP contribution in [0, 0.1) is 0 Å². The van der Waals surface area contributed by atoms with Crippen molar-refractivity contribution in [3.63, 3.8) is 0 Å². The van der Waals surface area contributed by atoms with E-state index in [-0.39, 0.29) is 39.8 Å². The Morgan fingerprint density at radius 3 is 2.71 bits per heavy atom. The van der Waals surface area contributed by atoms with E-state index in [1.54, 1.807) is 0 Å². The van der Waals surface area contributed by atoms with Gasteiger partial charge >= 0.3 is 0 Å². The molecule has 1 aromatic carbocycles. The maximum Gasteiger partial charge on any atom is 0.177 e. The lowest BCUT2D eigenvalue weighted by Gasteiger charge is -2.04. The third-order valence-corrected chi connectivity index (χ3v) is 6.46. The second-order valence-corrected chi connectivity index (χ2v) is 8.29. The fourth-order valence-electron chi connectivity index (χ4n) is 2.29. The van der Waals surface area contributed by atoms with Crippen LogP contribution >= 0.6 is 11.8 Å². The highest BCUT2D eigenvalue weighted by Gasteiger charge is 2.42. The van der Waals surface area contributed by atoms with Crippen LogP contribution in [0.5, 0.6) is 0 Å². The van der Waals surface area contributed by atoms with Crippen LogP contribution in [-0.4, -0.2) is 42.1 Å². The van der Waals surface area contributed by atoms with E-state index in [4.69, 9.17) is 0 Å². The summed E-state index contributed by atoms with van der Waals surface area (Å²) in [4.78, 5) is 4.39. The largest absolute Gasteiger partial charge is 1.00 e. The fraction of sp³-hybridized carbons (Fsp3) is 0.385. The van der Waals surface area contributed by atoms with Gasteiger partial charge in [0.2, 0.25) is 0 Å². The Bertz CT molecular complexity index is 674. The zero-order valence-electron chi connectivity index (χ0n) is 11.4. The first-order valence-electron chi connectivity index (χ1n) is 6.34. The van der Waals surface area contributed by atoms with Crippen LogP contribution in [-0.2, 0) is 9.84 Å². The number of benzene rings is 1. The highest BCUT2D eigenvalue weighted by molar-refractivity contribution is 8.15. The van der Waals surface area contributed by atoms with Gasteiger partial charge in [-0.1, -0.05) is 42.1 Å². The molecule has 0 bridgehead atoms. The molecule has 0 spiro atoms. The third-order valence-electron chi connectivity index (χ3n) is 3.33. The van der Waals surface area contributed by atoms with Crippen LogP contribution in [0.15, 0.2) is 40.4 Å². The summed E-state index contributed by atoms with van der Waals surface area (Å²) in [5.41, 5.74) is 4.86. The van der Waals surface area contributed by atoms with Crippen LogP contribution in [0.4, 0.5) is 0 Å². The van der Waals surface area contributed by atoms with Crippen LogP contribution in [0.2, 0.25) is 0 Å². The molecule has 0 saturated carbocycles. The molecule has 0 amide bonds. The lowest BCUT2D eigenvalue weighted by atomic mass is 10.1. The summed E-state index contributed by atoms with van der Waals surface area (Å²) in [6.45, 7) is 1.92. The van der Waals surface area contributed by atoms with Gasteiger partial charge < -0.3 is 17.0 Å². The quantitative estimate of drug-likeness (QED) is 0.482. The SMILES string of the molecule is CC(=NNC1=N[C@H]2CS(=O)(=O)C[C@H]2S1)c1ccccc1.[Br-]. The van der Waals surface area contributed by atoms with Gasteiger partial charge in [0, 0.05) is 5.25 Å². The number of nitrogens with one attached hydrogen (secondary N) is 1. The maximum absolute atomic E-state index is 11.5. The Morgan fingerprint density at radius 1 is 1.33 bits per heavy atom. The molecule has 2 atom stereocenters. The molecule has 1 N–H and O–H groups in total. The van der Waals surface area contributed by atoms with Crippen molar-refractivity contribution in [2.75, 3.05) is 11.5 Å². The second-order valence-electron chi connectivity index (χ2n) is 4.91. The van der Waals surface area contributed by atoms with Crippen LogP contribution in [0.1, 0.15) is 12.5 Å². The first-order chi connectivity index (χ1) is 9.53. The number of amidine groups is 1. The Hall–Kier alpha value is -0.860. The van der Waals surface area contributed by atoms with E-state index in [0.717, 1.165) is 11.3 Å². The smallest absolute Gasteiger partial charge is 0.177 e. The molecule has 3 rings (SSSR count). The van der Waals surface area contributed by atoms with E-state index >= 15 is 0 Å². The van der Waals surface area contributed by atoms with Gasteiger partial charge in [0.1, 0.15) is 0 Å². The summed E-state index contributed by atoms with van der Waals surface area (Å²) in [6.07, 6.45) is 0. The number of hydrogen-bond donors (Lipinski definition) is 1. The highest BCUT2D eigenvalue weighted by Crippen LogP contribution is 2.33. The van der Waals surface area contributed by atoms with Crippen molar-refractivity contribution in [1.82, 2.24) is 5.43 Å². The number of thioether (sulfide) groups is 1. The van der Waals surface area contributed by atoms with Gasteiger partial charge in [0.15, 0.2) is 15.0 Å². The van der Waals surface area contributed by atoms with E-state index in [1.807, 2.05) is 37.3 Å². The second kappa shape index (κ2) is 6.50. The molecule has 2 aliphatic heterocycles. The molecule has 5 nitrogen and oxygen atoms in total. The van der Waals surface area contributed by atoms with Gasteiger partial charge in [-0.15, -0.1) is 0 Å². The predicted octanol–water partition coefficient (Wildman–Crippen LogP) is -1.73. The number of hydrogen-bond acceptors (Lipinski definition) is 6. The standard InChI is InChI=1S/C13H15N3O2S2.BrH/c1-9(10-5-3-2-4-6-10)15-16-13-14-11-7-20(17,18)8-12(11)19-13;/h2-6,11-12H,7-8H2,1H3,(H,14,16);1H/p-1/t11-,12+;/m0./s1. The van der Waals surface area contributed by atoms with Gasteiger partial charge in [0.25, 0.3) is 0 Å². The van der Waals surface area contributed by atoms with E-state index in [0.29, 0.717) is 5.17 Å². The molecule has 0 aromatic heterocycles. The Kier molecular flexibility index (Phi) is 5.11. The van der Waals surface area contributed by atoms with E-state index in [1.165, 1.54) is 11.8 Å². The van der Waals surface area contributed by atoms with Crippen molar-refractivity contribution in [3.8, 4) is 0 Å². The summed E-state index contributed by atoms with van der Waals surface area (Å²) in [7, 11) is -2.89. The molecule has 21 heavy (non-hydrogen) atoms. The van der Waals surface area contributed by atoms with Crippen molar-refractivity contribution < 1.29 is 25.4 Å². The number of hydrazone groups is 1. The minimum atomic E-state index is -2.89. The molecule has 8 heteroatoms. The Labute approximate surface area is 139 Å². The third kappa shape index (κ3) is 3.87. The summed E-state index contributed by atoms with van der Waals surface area (Å²) in [6, 6.07) is 9.76. The van der Waals surface area contributed by atoms with E-state index in [9.17, 15) is 8.42 Å². The van der Waals surface area contributed by atoms with Gasteiger partial charge in [-0.3, -0.25) is 10.4 Å². The minimum Gasteiger partial charge on any atom is -1.00 e. The number of aliphatic imine (C=N–C) groups is 1. The molecule has 2 aliphatic rings. The normalized spacial score (nSPS) is 26.7. The topological polar surface area (TPSA) is 70.9 Å². The lowest BCUT2D eigenvalue weighted by Crippen LogP contribution is -3.00. The summed E-state index contributed by atoms with van der Waals surface area (Å²) in [5.74, 6) is 0.385. The van der Waals surface area contributed by atoms with Crippen LogP contribution in [0.3, 0.4) is 0 Å². The van der Waals surface area contributed by atoms with Gasteiger partial charge in [-0.2, -0.15) is 5.10 Å². The van der Waals surface area contributed by atoms with Gasteiger partial charge in [0.05, 0.1) is 23.3 Å². The zero-order valence-corrected chi connectivity index (χ0v) is 14.6. The molecule has 0 unspecified atom stereocenters. The predicted molar refractivity (Wildman–Crippen MR) is 83.0 cm³/mol. The molecule has 1 fully saturated rings. The number of rotatable bonds is 2. The number of nitrogens with zero attached hydrogens (tertiary/aromatic N) is 2. The van der Waals surface area contributed by atoms with E-state index < -0.39 is 9.84 Å². The fourth-order valence-corrected chi connectivity index (χ4v) is 5.88. The number of sulfone groups is 1. The number of halogens is 1. The highest BCUT2D eigenvalue weighted by atomic mass is 79.9.